The van der Waals surface area contributed by atoms with E-state index >= 15 is 0 Å². The standard InChI is InChI=1S/C15H22N2O2S/c18-15(17-14-9-11-3-4-12(14)8-11)16-5-7-20-10-13-2-1-6-19-13/h1-2,6,11-12,14H,3-5,7-10H2,(H2,16,17,18). The Morgan fingerprint density at radius 2 is 2.35 bits per heavy atom. The average Bonchev–Trinajstić information content (AvgIpc) is 3.15. The van der Waals surface area contributed by atoms with Crippen LogP contribution in [-0.2, 0) is 5.75 Å². The monoisotopic (exact) mass is 294 g/mol. The van der Waals surface area contributed by atoms with Crippen molar-refractivity contribution in [3.8, 4) is 0 Å². The van der Waals surface area contributed by atoms with Crippen LogP contribution in [0.5, 0.6) is 0 Å². The van der Waals surface area contributed by atoms with Gasteiger partial charge in [0.1, 0.15) is 5.76 Å². The number of rotatable bonds is 6. The number of amides is 2. The first-order valence-electron chi connectivity index (χ1n) is 7.46. The summed E-state index contributed by atoms with van der Waals surface area (Å²) in [7, 11) is 0. The highest BCUT2D eigenvalue weighted by molar-refractivity contribution is 7.98. The minimum atomic E-state index is 0.00106. The van der Waals surface area contributed by atoms with Gasteiger partial charge in [-0.2, -0.15) is 11.8 Å². The largest absolute Gasteiger partial charge is 0.468 e. The molecule has 110 valence electrons. The van der Waals surface area contributed by atoms with Crippen LogP contribution in [0.4, 0.5) is 4.79 Å². The summed E-state index contributed by atoms with van der Waals surface area (Å²) >= 11 is 1.77. The average molecular weight is 294 g/mol. The van der Waals surface area contributed by atoms with Crippen LogP contribution >= 0.6 is 11.8 Å². The maximum atomic E-state index is 11.8. The highest BCUT2D eigenvalue weighted by Gasteiger charge is 2.39. The molecule has 2 fully saturated rings. The number of carbonyl (C=O) groups is 1. The summed E-state index contributed by atoms with van der Waals surface area (Å²) in [4.78, 5) is 11.8. The van der Waals surface area contributed by atoms with E-state index in [0.717, 1.165) is 29.1 Å². The van der Waals surface area contributed by atoms with Gasteiger partial charge < -0.3 is 15.1 Å². The Morgan fingerprint density at radius 1 is 1.40 bits per heavy atom. The summed E-state index contributed by atoms with van der Waals surface area (Å²) in [5.41, 5.74) is 0. The molecule has 2 amide bonds. The molecule has 3 atom stereocenters. The van der Waals surface area contributed by atoms with Gasteiger partial charge in [0.05, 0.1) is 12.0 Å². The molecule has 3 rings (SSSR count). The molecule has 0 radical (unpaired) electrons. The fourth-order valence-electron chi connectivity index (χ4n) is 3.45. The van der Waals surface area contributed by atoms with E-state index in [1.54, 1.807) is 18.0 Å². The summed E-state index contributed by atoms with van der Waals surface area (Å²) in [5.74, 6) is 4.36. The van der Waals surface area contributed by atoms with Crippen LogP contribution in [0.3, 0.4) is 0 Å². The molecule has 0 spiro atoms. The summed E-state index contributed by atoms with van der Waals surface area (Å²) in [6.07, 6.45) is 6.87. The number of furan rings is 1. The first-order valence-corrected chi connectivity index (χ1v) is 8.61. The molecule has 2 N–H and O–H groups in total. The molecule has 1 aromatic rings. The zero-order valence-electron chi connectivity index (χ0n) is 11.6. The van der Waals surface area contributed by atoms with Gasteiger partial charge >= 0.3 is 6.03 Å². The van der Waals surface area contributed by atoms with E-state index in [1.807, 2.05) is 12.1 Å². The molecule has 2 bridgehead atoms. The number of hydrogen-bond donors (Lipinski definition) is 2. The fourth-order valence-corrected chi connectivity index (χ4v) is 4.20. The van der Waals surface area contributed by atoms with Gasteiger partial charge in [-0.3, -0.25) is 0 Å². The van der Waals surface area contributed by atoms with Gasteiger partial charge in [0, 0.05) is 18.3 Å². The van der Waals surface area contributed by atoms with Gasteiger partial charge in [0.15, 0.2) is 0 Å². The van der Waals surface area contributed by atoms with E-state index in [9.17, 15) is 4.79 Å². The topological polar surface area (TPSA) is 54.3 Å². The van der Waals surface area contributed by atoms with Gasteiger partial charge in [-0.1, -0.05) is 6.42 Å². The first kappa shape index (κ1) is 13.9. The van der Waals surface area contributed by atoms with Gasteiger partial charge in [-0.05, 0) is 43.2 Å². The molecule has 2 saturated carbocycles. The SMILES string of the molecule is O=C(NCCSCc1ccco1)NC1CC2CCC1C2. The Kier molecular flexibility index (Phi) is 4.55. The lowest BCUT2D eigenvalue weighted by atomic mass is 9.95. The molecule has 0 aliphatic heterocycles. The van der Waals surface area contributed by atoms with Crippen molar-refractivity contribution in [1.29, 1.82) is 0 Å². The summed E-state index contributed by atoms with van der Waals surface area (Å²) in [6.45, 7) is 0.706. The van der Waals surface area contributed by atoms with Gasteiger partial charge in [0.25, 0.3) is 0 Å². The Labute approximate surface area is 124 Å². The number of hydrogen-bond acceptors (Lipinski definition) is 3. The van der Waals surface area contributed by atoms with Crippen LogP contribution in [-0.4, -0.2) is 24.4 Å². The van der Waals surface area contributed by atoms with Crippen molar-refractivity contribution in [2.24, 2.45) is 11.8 Å². The molecule has 0 saturated heterocycles. The number of fused-ring (bicyclic) bond motifs is 2. The number of urea groups is 1. The Balaban J connectivity index is 1.26. The third-order valence-electron chi connectivity index (χ3n) is 4.41. The summed E-state index contributed by atoms with van der Waals surface area (Å²) in [5, 5.41) is 6.08. The summed E-state index contributed by atoms with van der Waals surface area (Å²) < 4.78 is 5.26. The number of nitrogens with one attached hydrogen (secondary N) is 2. The van der Waals surface area contributed by atoms with Gasteiger partial charge in [0.2, 0.25) is 0 Å². The highest BCUT2D eigenvalue weighted by atomic mass is 32.2. The molecule has 3 unspecified atom stereocenters. The van der Waals surface area contributed by atoms with E-state index in [4.69, 9.17) is 4.42 Å². The molecule has 0 aromatic carbocycles. The van der Waals surface area contributed by atoms with E-state index in [-0.39, 0.29) is 6.03 Å². The zero-order chi connectivity index (χ0) is 13.8. The van der Waals surface area contributed by atoms with E-state index in [2.05, 4.69) is 10.6 Å². The van der Waals surface area contributed by atoms with Crippen LogP contribution in [0.2, 0.25) is 0 Å². The predicted octanol–water partition coefficient (Wildman–Crippen LogP) is 3.00. The molecule has 5 heteroatoms. The quantitative estimate of drug-likeness (QED) is 0.793. The maximum Gasteiger partial charge on any atom is 0.315 e. The van der Waals surface area contributed by atoms with Crippen molar-refractivity contribution < 1.29 is 9.21 Å². The maximum absolute atomic E-state index is 11.8. The first-order chi connectivity index (χ1) is 9.81. The van der Waals surface area contributed by atoms with Crippen LogP contribution < -0.4 is 10.6 Å². The fraction of sp³-hybridized carbons (Fsp3) is 0.667. The summed E-state index contributed by atoms with van der Waals surface area (Å²) in [6, 6.07) is 4.30. The highest BCUT2D eigenvalue weighted by Crippen LogP contribution is 2.44. The number of carbonyl (C=O) groups excluding carboxylic acids is 1. The van der Waals surface area contributed by atoms with Crippen LogP contribution in [0.1, 0.15) is 31.4 Å². The zero-order valence-corrected chi connectivity index (χ0v) is 12.5. The molecule has 20 heavy (non-hydrogen) atoms. The molecule has 2 aliphatic rings. The van der Waals surface area contributed by atoms with Crippen molar-refractivity contribution in [2.45, 2.75) is 37.5 Å². The van der Waals surface area contributed by atoms with E-state index in [1.165, 1.54) is 25.7 Å². The Morgan fingerprint density at radius 3 is 3.05 bits per heavy atom. The molecule has 2 aliphatic carbocycles. The molecule has 1 heterocycles. The Hall–Kier alpha value is -1.10. The lowest BCUT2D eigenvalue weighted by Crippen LogP contribution is -2.44. The van der Waals surface area contributed by atoms with Gasteiger partial charge in [-0.15, -0.1) is 0 Å². The predicted molar refractivity (Wildman–Crippen MR) is 80.6 cm³/mol. The minimum Gasteiger partial charge on any atom is -0.468 e. The minimum absolute atomic E-state index is 0.00106. The van der Waals surface area contributed by atoms with Gasteiger partial charge in [-0.25, -0.2) is 4.79 Å². The number of thioether (sulfide) groups is 1. The lowest BCUT2D eigenvalue weighted by Gasteiger charge is -2.22. The van der Waals surface area contributed by atoms with Crippen molar-refractivity contribution >= 4 is 17.8 Å². The van der Waals surface area contributed by atoms with E-state index < -0.39 is 0 Å². The Bertz CT molecular complexity index is 435. The lowest BCUT2D eigenvalue weighted by molar-refractivity contribution is 0.231. The van der Waals surface area contributed by atoms with E-state index in [0.29, 0.717) is 12.6 Å². The van der Waals surface area contributed by atoms with Crippen LogP contribution in [0, 0.1) is 11.8 Å². The molecule has 1 aromatic heterocycles. The van der Waals surface area contributed by atoms with Crippen molar-refractivity contribution in [2.75, 3.05) is 12.3 Å². The molecular weight excluding hydrogens is 272 g/mol. The third kappa shape index (κ3) is 3.51. The third-order valence-corrected chi connectivity index (χ3v) is 5.39. The smallest absolute Gasteiger partial charge is 0.315 e. The molecule has 4 nitrogen and oxygen atoms in total. The second-order valence-electron chi connectivity index (χ2n) is 5.81. The second-order valence-corrected chi connectivity index (χ2v) is 6.92. The van der Waals surface area contributed by atoms with Crippen LogP contribution in [0.25, 0.3) is 0 Å². The van der Waals surface area contributed by atoms with Crippen molar-refractivity contribution in [3.05, 3.63) is 24.2 Å². The second kappa shape index (κ2) is 6.57. The van der Waals surface area contributed by atoms with Crippen molar-refractivity contribution in [3.63, 3.8) is 0 Å². The molecular formula is C15H22N2O2S. The van der Waals surface area contributed by atoms with Crippen molar-refractivity contribution in [1.82, 2.24) is 10.6 Å². The normalized spacial score (nSPS) is 27.7. The van der Waals surface area contributed by atoms with Crippen LogP contribution in [0.15, 0.2) is 22.8 Å².